The number of carbonyl (C=O) groups is 2. The fraction of sp³-hybridized carbons (Fsp3) is 0.227. The lowest BCUT2D eigenvalue weighted by molar-refractivity contribution is -0.121. The fourth-order valence-electron chi connectivity index (χ4n) is 3.62. The molecule has 142 valence electrons. The maximum Gasteiger partial charge on any atom is 0.265 e. The highest BCUT2D eigenvalue weighted by Gasteiger charge is 2.25. The number of aryl methyl sites for hydroxylation is 1. The number of ether oxygens (including phenoxy) is 1. The molecule has 6 heteroatoms. The summed E-state index contributed by atoms with van der Waals surface area (Å²) in [7, 11) is 0. The summed E-state index contributed by atoms with van der Waals surface area (Å²) in [5, 5.41) is 0.941. The van der Waals surface area contributed by atoms with Crippen LogP contribution in [0.1, 0.15) is 22.8 Å². The number of Topliss-reactive ketones (excluding diaryl/α,β-unsaturated/α-hetero) is 1. The van der Waals surface area contributed by atoms with Gasteiger partial charge in [-0.2, -0.15) is 0 Å². The Balaban J connectivity index is 1.73. The van der Waals surface area contributed by atoms with Crippen LogP contribution in [-0.2, 0) is 11.3 Å². The lowest BCUT2D eigenvalue weighted by atomic mass is 10.1. The highest BCUT2D eigenvalue weighted by atomic mass is 16.5. The van der Waals surface area contributed by atoms with E-state index < -0.39 is 0 Å². The summed E-state index contributed by atoms with van der Waals surface area (Å²) in [6.45, 7) is 4.18. The molecule has 1 aliphatic heterocycles. The molecular weight excluding hydrogens is 356 g/mol. The number of hydrogen-bond donors (Lipinski definition) is 0. The summed E-state index contributed by atoms with van der Waals surface area (Å²) in [4.78, 5) is 39.1. The van der Waals surface area contributed by atoms with Gasteiger partial charge in [0.15, 0.2) is 12.4 Å². The van der Waals surface area contributed by atoms with Gasteiger partial charge in [-0.05, 0) is 43.7 Å². The molecule has 6 nitrogen and oxygen atoms in total. The number of carbonyl (C=O) groups excluding carboxylic acids is 2. The first-order chi connectivity index (χ1) is 13.5. The SMILES string of the molecule is CCN1C(=O)COc2ccc(C(=O)Cn3c(=O)cc(C)c4ccccc43)cc21. The largest absolute Gasteiger partial charge is 0.482 e. The molecule has 3 aromatic rings. The first kappa shape index (κ1) is 18.0. The van der Waals surface area contributed by atoms with Gasteiger partial charge < -0.3 is 14.2 Å². The third-order valence-corrected chi connectivity index (χ3v) is 5.07. The summed E-state index contributed by atoms with van der Waals surface area (Å²) in [6.07, 6.45) is 0. The van der Waals surface area contributed by atoms with Crippen molar-refractivity contribution in [2.75, 3.05) is 18.1 Å². The van der Waals surface area contributed by atoms with Crippen molar-refractivity contribution in [3.63, 3.8) is 0 Å². The molecule has 0 atom stereocenters. The third kappa shape index (κ3) is 2.97. The van der Waals surface area contributed by atoms with E-state index in [1.54, 1.807) is 29.2 Å². The molecule has 0 N–H and O–H groups in total. The summed E-state index contributed by atoms with van der Waals surface area (Å²) in [5.74, 6) is 0.240. The first-order valence-corrected chi connectivity index (χ1v) is 9.19. The van der Waals surface area contributed by atoms with Crippen molar-refractivity contribution in [2.24, 2.45) is 0 Å². The number of likely N-dealkylation sites (N-methyl/N-ethyl adjacent to an activating group) is 1. The molecule has 4 rings (SSSR count). The van der Waals surface area contributed by atoms with E-state index in [-0.39, 0.29) is 30.4 Å². The van der Waals surface area contributed by atoms with E-state index in [0.717, 1.165) is 16.5 Å². The lowest BCUT2D eigenvalue weighted by Crippen LogP contribution is -2.38. The second-order valence-corrected chi connectivity index (χ2v) is 6.80. The minimum atomic E-state index is -0.212. The second-order valence-electron chi connectivity index (χ2n) is 6.80. The van der Waals surface area contributed by atoms with Crippen LogP contribution in [0.3, 0.4) is 0 Å². The number of anilines is 1. The van der Waals surface area contributed by atoms with Crippen LogP contribution in [0.25, 0.3) is 10.9 Å². The smallest absolute Gasteiger partial charge is 0.265 e. The summed E-state index contributed by atoms with van der Waals surface area (Å²) >= 11 is 0. The molecule has 28 heavy (non-hydrogen) atoms. The molecule has 0 radical (unpaired) electrons. The Morgan fingerprint density at radius 1 is 1.11 bits per heavy atom. The van der Waals surface area contributed by atoms with Crippen molar-refractivity contribution >= 4 is 28.3 Å². The van der Waals surface area contributed by atoms with Crippen molar-refractivity contribution in [3.8, 4) is 5.75 Å². The summed E-state index contributed by atoms with van der Waals surface area (Å²) in [6, 6.07) is 14.1. The number of fused-ring (bicyclic) bond motifs is 2. The van der Waals surface area contributed by atoms with Crippen LogP contribution in [0.15, 0.2) is 53.3 Å². The predicted octanol–water partition coefficient (Wildman–Crippen LogP) is 2.94. The van der Waals surface area contributed by atoms with Gasteiger partial charge in [0.05, 0.1) is 17.7 Å². The van der Waals surface area contributed by atoms with E-state index in [2.05, 4.69) is 0 Å². The number of amides is 1. The Bertz CT molecular complexity index is 1160. The molecule has 0 saturated carbocycles. The zero-order valence-electron chi connectivity index (χ0n) is 15.8. The normalized spacial score (nSPS) is 13.4. The molecule has 2 heterocycles. The van der Waals surface area contributed by atoms with Gasteiger partial charge in [0.1, 0.15) is 5.75 Å². The molecule has 2 aromatic carbocycles. The molecule has 0 unspecified atom stereocenters. The molecule has 0 spiro atoms. The van der Waals surface area contributed by atoms with Gasteiger partial charge in [0.25, 0.3) is 11.5 Å². The predicted molar refractivity (Wildman–Crippen MR) is 107 cm³/mol. The number of benzene rings is 2. The number of pyridine rings is 1. The number of nitrogens with zero attached hydrogens (tertiary/aromatic N) is 2. The molecule has 0 fully saturated rings. The molecule has 1 amide bonds. The zero-order valence-corrected chi connectivity index (χ0v) is 15.8. The maximum absolute atomic E-state index is 13.0. The number of para-hydroxylation sites is 1. The van der Waals surface area contributed by atoms with Crippen molar-refractivity contribution in [1.29, 1.82) is 0 Å². The Kier molecular flexibility index (Phi) is 4.47. The minimum Gasteiger partial charge on any atom is -0.482 e. The van der Waals surface area contributed by atoms with Gasteiger partial charge in [-0.25, -0.2) is 0 Å². The quantitative estimate of drug-likeness (QED) is 0.657. The highest BCUT2D eigenvalue weighted by Crippen LogP contribution is 2.33. The van der Waals surface area contributed by atoms with Crippen LogP contribution in [0, 0.1) is 6.92 Å². The van der Waals surface area contributed by atoms with Crippen molar-refractivity contribution in [3.05, 3.63) is 70.0 Å². The Morgan fingerprint density at radius 3 is 2.68 bits per heavy atom. The third-order valence-electron chi connectivity index (χ3n) is 5.07. The topological polar surface area (TPSA) is 68.6 Å². The average Bonchev–Trinajstić information content (AvgIpc) is 2.70. The first-order valence-electron chi connectivity index (χ1n) is 9.19. The monoisotopic (exact) mass is 376 g/mol. The highest BCUT2D eigenvalue weighted by molar-refractivity contribution is 6.02. The molecule has 1 aliphatic rings. The van der Waals surface area contributed by atoms with E-state index in [1.165, 1.54) is 4.57 Å². The van der Waals surface area contributed by atoms with Crippen LogP contribution in [-0.4, -0.2) is 29.4 Å². The van der Waals surface area contributed by atoms with Gasteiger partial charge in [-0.1, -0.05) is 18.2 Å². The van der Waals surface area contributed by atoms with E-state index >= 15 is 0 Å². The number of ketones is 1. The van der Waals surface area contributed by atoms with Crippen molar-refractivity contribution in [1.82, 2.24) is 4.57 Å². The number of aromatic nitrogens is 1. The van der Waals surface area contributed by atoms with E-state index in [0.29, 0.717) is 23.5 Å². The van der Waals surface area contributed by atoms with Gasteiger partial charge in [-0.3, -0.25) is 14.4 Å². The maximum atomic E-state index is 13.0. The molecular formula is C22H20N2O4. The molecule has 0 bridgehead atoms. The molecule has 0 aliphatic carbocycles. The Labute approximate surface area is 162 Å². The number of rotatable bonds is 4. The summed E-state index contributed by atoms with van der Waals surface area (Å²) in [5.41, 5.74) is 2.42. The average molecular weight is 376 g/mol. The van der Waals surface area contributed by atoms with Crippen molar-refractivity contribution < 1.29 is 14.3 Å². The van der Waals surface area contributed by atoms with Crippen molar-refractivity contribution in [2.45, 2.75) is 20.4 Å². The zero-order chi connectivity index (χ0) is 19.8. The van der Waals surface area contributed by atoms with Gasteiger partial charge in [-0.15, -0.1) is 0 Å². The van der Waals surface area contributed by atoms with Gasteiger partial charge in [0, 0.05) is 23.6 Å². The standard InChI is InChI=1S/C22H20N2O4/c1-3-23-18-11-15(8-9-20(18)28-13-22(23)27)19(25)12-24-17-7-5-4-6-16(17)14(2)10-21(24)26/h4-11H,3,12-13H2,1-2H3. The Hall–Kier alpha value is -3.41. The second kappa shape index (κ2) is 6.96. The van der Waals surface area contributed by atoms with Gasteiger partial charge in [0.2, 0.25) is 0 Å². The Morgan fingerprint density at radius 2 is 1.89 bits per heavy atom. The van der Waals surface area contributed by atoms with Crippen LogP contribution in [0.4, 0.5) is 5.69 Å². The summed E-state index contributed by atoms with van der Waals surface area (Å²) < 4.78 is 6.94. The number of hydrogen-bond acceptors (Lipinski definition) is 4. The van der Waals surface area contributed by atoms with Crippen LogP contribution < -0.4 is 15.2 Å². The van der Waals surface area contributed by atoms with Crippen LogP contribution >= 0.6 is 0 Å². The van der Waals surface area contributed by atoms with E-state index in [1.807, 2.05) is 38.1 Å². The minimum absolute atomic E-state index is 0.00111. The molecule has 0 saturated heterocycles. The molecule has 1 aromatic heterocycles. The van der Waals surface area contributed by atoms with Crippen LogP contribution in [0.5, 0.6) is 5.75 Å². The van der Waals surface area contributed by atoms with E-state index in [9.17, 15) is 14.4 Å². The lowest BCUT2D eigenvalue weighted by Gasteiger charge is -2.28. The fourth-order valence-corrected chi connectivity index (χ4v) is 3.62. The van der Waals surface area contributed by atoms with Gasteiger partial charge >= 0.3 is 0 Å². The van der Waals surface area contributed by atoms with E-state index in [4.69, 9.17) is 4.74 Å². The van der Waals surface area contributed by atoms with Crippen LogP contribution in [0.2, 0.25) is 0 Å².